The second-order valence-corrected chi connectivity index (χ2v) is 6.97. The monoisotopic (exact) mass is 327 g/mol. The van der Waals surface area contributed by atoms with E-state index >= 15 is 0 Å². The average Bonchev–Trinajstić information content (AvgIpc) is 2.99. The van der Waals surface area contributed by atoms with Gasteiger partial charge in [-0.25, -0.2) is 18.1 Å². The van der Waals surface area contributed by atoms with E-state index in [1.165, 1.54) is 30.6 Å². The number of nitrogens with zero attached hydrogens (tertiary/aromatic N) is 1. The zero-order chi connectivity index (χ0) is 15.5. The first-order chi connectivity index (χ1) is 9.97. The maximum Gasteiger partial charge on any atom is 0.244 e. The number of hydrogen-bond acceptors (Lipinski definition) is 6. The van der Waals surface area contributed by atoms with Gasteiger partial charge in [-0.2, -0.15) is 0 Å². The molecule has 0 saturated carbocycles. The predicted molar refractivity (Wildman–Crippen MR) is 82.9 cm³/mol. The smallest absolute Gasteiger partial charge is 0.244 e. The molecule has 1 heterocycles. The van der Waals surface area contributed by atoms with E-state index in [9.17, 15) is 8.42 Å². The largest absolute Gasteiger partial charge is 0.495 e. The van der Waals surface area contributed by atoms with Gasteiger partial charge in [-0.3, -0.25) is 0 Å². The summed E-state index contributed by atoms with van der Waals surface area (Å²) in [5.41, 5.74) is 6.04. The molecule has 0 radical (unpaired) electrons. The highest BCUT2D eigenvalue weighted by molar-refractivity contribution is 7.89. The number of rotatable bonds is 6. The van der Waals surface area contributed by atoms with Gasteiger partial charge in [0.15, 0.2) is 0 Å². The van der Waals surface area contributed by atoms with Gasteiger partial charge in [0.25, 0.3) is 0 Å². The molecule has 0 aliphatic carbocycles. The summed E-state index contributed by atoms with van der Waals surface area (Å²) in [6.45, 7) is 1.89. The van der Waals surface area contributed by atoms with Gasteiger partial charge in [0.1, 0.15) is 15.7 Å². The molecule has 114 valence electrons. The lowest BCUT2D eigenvalue weighted by Crippen LogP contribution is -2.28. The van der Waals surface area contributed by atoms with E-state index in [-0.39, 0.29) is 16.7 Å². The molecule has 1 aromatic carbocycles. The van der Waals surface area contributed by atoms with Gasteiger partial charge in [0, 0.05) is 17.3 Å². The molecule has 0 amide bonds. The second kappa shape index (κ2) is 6.42. The van der Waals surface area contributed by atoms with Crippen LogP contribution in [0.4, 0.5) is 5.69 Å². The van der Waals surface area contributed by atoms with Gasteiger partial charge in [-0.15, -0.1) is 11.3 Å². The maximum absolute atomic E-state index is 12.6. The number of nitrogens with two attached hydrogens (primary N) is 1. The van der Waals surface area contributed by atoms with E-state index in [1.807, 2.05) is 12.3 Å². The minimum absolute atomic E-state index is 0.0278. The summed E-state index contributed by atoms with van der Waals surface area (Å²) in [7, 11) is -2.33. The zero-order valence-electron chi connectivity index (χ0n) is 11.7. The molecule has 0 saturated heterocycles. The van der Waals surface area contributed by atoms with Crippen molar-refractivity contribution < 1.29 is 13.2 Å². The van der Waals surface area contributed by atoms with Crippen LogP contribution in [-0.2, 0) is 10.0 Å². The number of aromatic nitrogens is 1. The van der Waals surface area contributed by atoms with Crippen LogP contribution in [0.25, 0.3) is 0 Å². The average molecular weight is 327 g/mol. The van der Waals surface area contributed by atoms with Crippen molar-refractivity contribution in [1.29, 1.82) is 0 Å². The number of nitrogens with one attached hydrogen (secondary N) is 1. The van der Waals surface area contributed by atoms with Crippen LogP contribution in [0.5, 0.6) is 5.75 Å². The van der Waals surface area contributed by atoms with Gasteiger partial charge in [-0.05, 0) is 24.6 Å². The molecule has 8 heteroatoms. The molecule has 1 atom stereocenters. The third kappa shape index (κ3) is 3.52. The van der Waals surface area contributed by atoms with Crippen molar-refractivity contribution in [2.45, 2.75) is 24.3 Å². The van der Waals surface area contributed by atoms with Crippen LogP contribution in [-0.4, -0.2) is 20.5 Å². The zero-order valence-corrected chi connectivity index (χ0v) is 13.4. The third-order valence-electron chi connectivity index (χ3n) is 2.93. The van der Waals surface area contributed by atoms with E-state index in [4.69, 9.17) is 10.5 Å². The summed E-state index contributed by atoms with van der Waals surface area (Å²) in [6.07, 6.45) is 2.25. The first-order valence-electron chi connectivity index (χ1n) is 6.33. The van der Waals surface area contributed by atoms with Crippen LogP contribution in [0, 0.1) is 0 Å². The minimum Gasteiger partial charge on any atom is -0.495 e. The lowest BCUT2D eigenvalue weighted by molar-refractivity contribution is 0.402. The number of hydrogen-bond donors (Lipinski definition) is 2. The number of thiazole rings is 1. The highest BCUT2D eigenvalue weighted by Gasteiger charge is 2.25. The van der Waals surface area contributed by atoms with Crippen LogP contribution in [0.15, 0.2) is 34.7 Å². The Bertz CT molecular complexity index is 699. The van der Waals surface area contributed by atoms with Crippen molar-refractivity contribution in [3.05, 3.63) is 34.8 Å². The molecule has 0 aliphatic rings. The summed E-state index contributed by atoms with van der Waals surface area (Å²) in [5, 5.41) is 2.54. The van der Waals surface area contributed by atoms with Gasteiger partial charge < -0.3 is 10.5 Å². The number of nitrogen functional groups attached to an aromatic ring is 1. The fourth-order valence-corrected chi connectivity index (χ4v) is 4.20. The van der Waals surface area contributed by atoms with Gasteiger partial charge in [0.05, 0.1) is 13.2 Å². The van der Waals surface area contributed by atoms with Crippen molar-refractivity contribution in [3.63, 3.8) is 0 Å². The van der Waals surface area contributed by atoms with Crippen molar-refractivity contribution in [2.24, 2.45) is 0 Å². The molecule has 6 nitrogen and oxygen atoms in total. The summed E-state index contributed by atoms with van der Waals surface area (Å²) in [4.78, 5) is 4.19. The topological polar surface area (TPSA) is 94.3 Å². The van der Waals surface area contributed by atoms with E-state index in [2.05, 4.69) is 9.71 Å². The van der Waals surface area contributed by atoms with E-state index in [0.717, 1.165) is 5.01 Å². The Balaban J connectivity index is 2.36. The fraction of sp³-hybridized carbons (Fsp3) is 0.308. The van der Waals surface area contributed by atoms with E-state index in [1.54, 1.807) is 12.3 Å². The minimum atomic E-state index is -3.75. The van der Waals surface area contributed by atoms with Gasteiger partial charge in [0.2, 0.25) is 10.0 Å². The lowest BCUT2D eigenvalue weighted by atomic mass is 10.3. The number of sulfonamides is 1. The second-order valence-electron chi connectivity index (χ2n) is 4.36. The molecule has 21 heavy (non-hydrogen) atoms. The van der Waals surface area contributed by atoms with Crippen LogP contribution in [0.2, 0.25) is 0 Å². The molecule has 0 fully saturated rings. The van der Waals surface area contributed by atoms with E-state index in [0.29, 0.717) is 12.1 Å². The Kier molecular flexibility index (Phi) is 4.81. The predicted octanol–water partition coefficient (Wildman–Crippen LogP) is 2.16. The quantitative estimate of drug-likeness (QED) is 0.793. The van der Waals surface area contributed by atoms with Crippen LogP contribution in [0.3, 0.4) is 0 Å². The fourth-order valence-electron chi connectivity index (χ4n) is 1.87. The molecule has 2 aromatic rings. The Morgan fingerprint density at radius 3 is 2.81 bits per heavy atom. The summed E-state index contributed by atoms with van der Waals surface area (Å²) in [5.74, 6) is 0.255. The Morgan fingerprint density at radius 2 is 2.24 bits per heavy atom. The van der Waals surface area contributed by atoms with Gasteiger partial charge in [-0.1, -0.05) is 6.92 Å². The molecule has 1 unspecified atom stereocenters. The molecular weight excluding hydrogens is 310 g/mol. The highest BCUT2D eigenvalue weighted by Crippen LogP contribution is 2.28. The number of benzene rings is 1. The molecular formula is C13H17N3O3S2. The Hall–Kier alpha value is -1.64. The van der Waals surface area contributed by atoms with Crippen molar-refractivity contribution in [1.82, 2.24) is 9.71 Å². The van der Waals surface area contributed by atoms with Crippen molar-refractivity contribution >= 4 is 27.0 Å². The number of methoxy groups -OCH3 is 1. The standard InChI is InChI=1S/C13H17N3O3S2/c1-3-10(13-15-6-7-20-13)16-21(17,18)12-8-9(14)4-5-11(12)19-2/h4-8,10,16H,3,14H2,1-2H3. The Labute approximate surface area is 128 Å². The van der Waals surface area contributed by atoms with Crippen LogP contribution < -0.4 is 15.2 Å². The lowest BCUT2D eigenvalue weighted by Gasteiger charge is -2.16. The third-order valence-corrected chi connectivity index (χ3v) is 5.31. The number of anilines is 1. The molecule has 0 bridgehead atoms. The van der Waals surface area contributed by atoms with Crippen LogP contribution >= 0.6 is 11.3 Å². The van der Waals surface area contributed by atoms with Crippen LogP contribution in [0.1, 0.15) is 24.4 Å². The SMILES string of the molecule is CCC(NS(=O)(=O)c1cc(N)ccc1OC)c1nccs1. The summed E-state index contributed by atoms with van der Waals surface area (Å²) >= 11 is 1.41. The number of ether oxygens (including phenoxy) is 1. The highest BCUT2D eigenvalue weighted by atomic mass is 32.2. The normalized spacial score (nSPS) is 13.0. The molecule has 0 spiro atoms. The van der Waals surface area contributed by atoms with Crippen molar-refractivity contribution in [2.75, 3.05) is 12.8 Å². The van der Waals surface area contributed by atoms with Gasteiger partial charge >= 0.3 is 0 Å². The molecule has 3 N–H and O–H groups in total. The van der Waals surface area contributed by atoms with Crippen molar-refractivity contribution in [3.8, 4) is 5.75 Å². The summed E-state index contributed by atoms with van der Waals surface area (Å²) < 4.78 is 32.9. The first kappa shape index (κ1) is 15.7. The Morgan fingerprint density at radius 1 is 1.48 bits per heavy atom. The van der Waals surface area contributed by atoms with E-state index < -0.39 is 10.0 Å². The molecule has 0 aliphatic heterocycles. The molecule has 1 aromatic heterocycles. The maximum atomic E-state index is 12.6. The first-order valence-corrected chi connectivity index (χ1v) is 8.69. The molecule has 2 rings (SSSR count). The summed E-state index contributed by atoms with van der Waals surface area (Å²) in [6, 6.07) is 4.14.